The topological polar surface area (TPSA) is 42.0 Å². The maximum atomic E-state index is 13.1. The normalized spacial score (nSPS) is 12.3. The van der Waals surface area contributed by atoms with Crippen molar-refractivity contribution in [3.8, 4) is 0 Å². The highest BCUT2D eigenvalue weighted by molar-refractivity contribution is 7.18. The molecule has 3 rings (SSSR count). The minimum absolute atomic E-state index is 0.106. The second kappa shape index (κ2) is 6.23. The molecule has 3 aromatic rings. The number of fused-ring (bicyclic) bond motifs is 1. The summed E-state index contributed by atoms with van der Waals surface area (Å²) in [6.07, 6.45) is 0. The Labute approximate surface area is 131 Å². The number of nitrogens with zero attached hydrogens (tertiary/aromatic N) is 1. The van der Waals surface area contributed by atoms with Gasteiger partial charge in [-0.05, 0) is 30.3 Å². The van der Waals surface area contributed by atoms with Crippen molar-refractivity contribution in [3.63, 3.8) is 0 Å². The van der Waals surface area contributed by atoms with E-state index < -0.39 is 5.82 Å². The molecule has 1 amide bonds. The van der Waals surface area contributed by atoms with E-state index in [0.717, 1.165) is 15.2 Å². The summed E-state index contributed by atoms with van der Waals surface area (Å²) in [5, 5.41) is 3.82. The van der Waals surface area contributed by atoms with Crippen LogP contribution in [-0.2, 0) is 0 Å². The summed E-state index contributed by atoms with van der Waals surface area (Å²) in [4.78, 5) is 16.6. The van der Waals surface area contributed by atoms with Gasteiger partial charge in [0.05, 0.1) is 15.2 Å². The van der Waals surface area contributed by atoms with Crippen LogP contribution in [0.3, 0.4) is 0 Å². The Balaban J connectivity index is 1.66. The molecule has 1 unspecified atom stereocenters. The molecular weight excluding hydrogens is 299 g/mol. The van der Waals surface area contributed by atoms with Crippen molar-refractivity contribution >= 4 is 27.5 Å². The van der Waals surface area contributed by atoms with Crippen LogP contribution in [0.1, 0.15) is 28.2 Å². The minimum Gasteiger partial charge on any atom is -0.351 e. The Morgan fingerprint density at radius 3 is 2.86 bits per heavy atom. The first kappa shape index (κ1) is 14.7. The molecule has 22 heavy (non-hydrogen) atoms. The Hall–Kier alpha value is -2.27. The van der Waals surface area contributed by atoms with E-state index in [4.69, 9.17) is 0 Å². The number of thiazole rings is 1. The van der Waals surface area contributed by atoms with Gasteiger partial charge in [-0.15, -0.1) is 11.3 Å². The van der Waals surface area contributed by atoms with Gasteiger partial charge in [-0.3, -0.25) is 4.79 Å². The highest BCUT2D eigenvalue weighted by Crippen LogP contribution is 2.26. The van der Waals surface area contributed by atoms with Gasteiger partial charge < -0.3 is 5.32 Å². The Morgan fingerprint density at radius 1 is 1.27 bits per heavy atom. The monoisotopic (exact) mass is 314 g/mol. The molecule has 1 heterocycles. The van der Waals surface area contributed by atoms with Crippen LogP contribution in [0.25, 0.3) is 10.2 Å². The predicted molar refractivity (Wildman–Crippen MR) is 86.8 cm³/mol. The zero-order chi connectivity index (χ0) is 15.5. The standard InChI is InChI=1S/C17H15FN2OS/c1-11(17-20-14-7-2-3-8-15(14)22-17)10-19-16(21)12-5-4-6-13(18)9-12/h2-9,11H,10H2,1H3,(H,19,21). The largest absolute Gasteiger partial charge is 0.351 e. The van der Waals surface area contributed by atoms with Crippen molar-refractivity contribution in [1.29, 1.82) is 0 Å². The van der Waals surface area contributed by atoms with Crippen LogP contribution >= 0.6 is 11.3 Å². The summed E-state index contributed by atoms with van der Waals surface area (Å²) >= 11 is 1.63. The minimum atomic E-state index is -0.410. The fraction of sp³-hybridized carbons (Fsp3) is 0.176. The van der Waals surface area contributed by atoms with Gasteiger partial charge in [-0.25, -0.2) is 9.37 Å². The molecule has 0 aliphatic rings. The SMILES string of the molecule is CC(CNC(=O)c1cccc(F)c1)c1nc2ccccc2s1. The molecule has 2 aromatic carbocycles. The number of hydrogen-bond acceptors (Lipinski definition) is 3. The fourth-order valence-electron chi connectivity index (χ4n) is 2.17. The predicted octanol–water partition coefficient (Wildman–Crippen LogP) is 3.97. The molecular formula is C17H15FN2OS. The molecule has 0 aliphatic carbocycles. The lowest BCUT2D eigenvalue weighted by Crippen LogP contribution is -2.27. The molecule has 0 aliphatic heterocycles. The summed E-state index contributed by atoms with van der Waals surface area (Å²) < 4.78 is 14.3. The van der Waals surface area contributed by atoms with Crippen molar-refractivity contribution < 1.29 is 9.18 Å². The summed E-state index contributed by atoms with van der Waals surface area (Å²) in [6, 6.07) is 13.6. The van der Waals surface area contributed by atoms with E-state index in [2.05, 4.69) is 10.3 Å². The van der Waals surface area contributed by atoms with E-state index >= 15 is 0 Å². The molecule has 0 bridgehead atoms. The highest BCUT2D eigenvalue weighted by Gasteiger charge is 2.13. The molecule has 1 atom stereocenters. The van der Waals surface area contributed by atoms with Crippen LogP contribution < -0.4 is 5.32 Å². The number of halogens is 1. The second-order valence-corrected chi connectivity index (χ2v) is 6.20. The van der Waals surface area contributed by atoms with Crippen LogP contribution in [0.15, 0.2) is 48.5 Å². The molecule has 3 nitrogen and oxygen atoms in total. The van der Waals surface area contributed by atoms with Gasteiger partial charge in [0.15, 0.2) is 0 Å². The summed E-state index contributed by atoms with van der Waals surface area (Å²) in [5.74, 6) is -0.575. The third-order valence-corrected chi connectivity index (χ3v) is 4.66. The van der Waals surface area contributed by atoms with Crippen LogP contribution in [0, 0.1) is 5.82 Å². The average molecular weight is 314 g/mol. The van der Waals surface area contributed by atoms with Crippen LogP contribution in [0.5, 0.6) is 0 Å². The van der Waals surface area contributed by atoms with E-state index in [1.165, 1.54) is 18.2 Å². The van der Waals surface area contributed by atoms with E-state index in [-0.39, 0.29) is 11.8 Å². The number of rotatable bonds is 4. The van der Waals surface area contributed by atoms with Crippen molar-refractivity contribution in [2.45, 2.75) is 12.8 Å². The molecule has 0 spiro atoms. The summed E-state index contributed by atoms with van der Waals surface area (Å²) in [6.45, 7) is 2.48. The number of carbonyl (C=O) groups is 1. The van der Waals surface area contributed by atoms with Crippen molar-refractivity contribution in [3.05, 3.63) is 64.9 Å². The number of aromatic nitrogens is 1. The van der Waals surface area contributed by atoms with E-state index in [1.807, 2.05) is 31.2 Å². The summed E-state index contributed by atoms with van der Waals surface area (Å²) in [5.41, 5.74) is 1.31. The number of hydrogen-bond donors (Lipinski definition) is 1. The molecule has 112 valence electrons. The second-order valence-electron chi connectivity index (χ2n) is 5.14. The third-order valence-electron chi connectivity index (χ3n) is 3.39. The van der Waals surface area contributed by atoms with Gasteiger partial charge in [0.1, 0.15) is 5.82 Å². The first-order chi connectivity index (χ1) is 10.6. The van der Waals surface area contributed by atoms with Crippen LogP contribution in [0.4, 0.5) is 4.39 Å². The molecule has 1 N–H and O–H groups in total. The van der Waals surface area contributed by atoms with Crippen molar-refractivity contribution in [2.75, 3.05) is 6.54 Å². The fourth-order valence-corrected chi connectivity index (χ4v) is 3.18. The van der Waals surface area contributed by atoms with Gasteiger partial charge in [0, 0.05) is 18.0 Å². The van der Waals surface area contributed by atoms with Crippen LogP contribution in [0.2, 0.25) is 0 Å². The average Bonchev–Trinajstić information content (AvgIpc) is 2.96. The molecule has 0 saturated heterocycles. The molecule has 0 radical (unpaired) electrons. The number of nitrogens with one attached hydrogen (secondary N) is 1. The Morgan fingerprint density at radius 2 is 2.09 bits per heavy atom. The number of benzene rings is 2. The first-order valence-electron chi connectivity index (χ1n) is 7.03. The maximum absolute atomic E-state index is 13.1. The van der Waals surface area contributed by atoms with Crippen LogP contribution in [-0.4, -0.2) is 17.4 Å². The van der Waals surface area contributed by atoms with E-state index in [1.54, 1.807) is 17.4 Å². The zero-order valence-electron chi connectivity index (χ0n) is 12.0. The Bertz CT molecular complexity index is 782. The van der Waals surface area contributed by atoms with E-state index in [0.29, 0.717) is 12.1 Å². The van der Waals surface area contributed by atoms with E-state index in [9.17, 15) is 9.18 Å². The van der Waals surface area contributed by atoms with Gasteiger partial charge in [-0.2, -0.15) is 0 Å². The molecule has 1 aromatic heterocycles. The molecule has 0 fully saturated rings. The van der Waals surface area contributed by atoms with Gasteiger partial charge >= 0.3 is 0 Å². The van der Waals surface area contributed by atoms with Crippen molar-refractivity contribution in [1.82, 2.24) is 10.3 Å². The first-order valence-corrected chi connectivity index (χ1v) is 7.84. The summed E-state index contributed by atoms with van der Waals surface area (Å²) in [7, 11) is 0. The number of amides is 1. The van der Waals surface area contributed by atoms with Crippen molar-refractivity contribution in [2.24, 2.45) is 0 Å². The number of carbonyl (C=O) groups excluding carboxylic acids is 1. The number of para-hydroxylation sites is 1. The lowest BCUT2D eigenvalue weighted by atomic mass is 10.1. The highest BCUT2D eigenvalue weighted by atomic mass is 32.1. The van der Waals surface area contributed by atoms with Gasteiger partial charge in [-0.1, -0.05) is 25.1 Å². The zero-order valence-corrected chi connectivity index (χ0v) is 12.9. The lowest BCUT2D eigenvalue weighted by molar-refractivity contribution is 0.0951. The molecule has 5 heteroatoms. The quantitative estimate of drug-likeness (QED) is 0.792. The van der Waals surface area contributed by atoms with Gasteiger partial charge in [0.25, 0.3) is 5.91 Å². The third kappa shape index (κ3) is 3.14. The lowest BCUT2D eigenvalue weighted by Gasteiger charge is -2.10. The molecule has 0 saturated carbocycles. The smallest absolute Gasteiger partial charge is 0.251 e. The van der Waals surface area contributed by atoms with Gasteiger partial charge in [0.2, 0.25) is 0 Å². The Kier molecular flexibility index (Phi) is 4.15. The maximum Gasteiger partial charge on any atom is 0.251 e.